The molecule has 0 aliphatic rings. The average molecular weight is 427 g/mol. The molecule has 2 aromatic carbocycles. The number of allylic oxidation sites excluding steroid dienone is 1. The van der Waals surface area contributed by atoms with Crippen molar-refractivity contribution in [3.63, 3.8) is 0 Å². The van der Waals surface area contributed by atoms with Gasteiger partial charge < -0.3 is 10.6 Å². The molecule has 1 aromatic heterocycles. The molecule has 0 spiro atoms. The maximum atomic E-state index is 4.29. The minimum absolute atomic E-state index is 0.341. The monoisotopic (exact) mass is 426 g/mol. The number of hydrogen-bond donors (Lipinski definition) is 2. The van der Waals surface area contributed by atoms with E-state index in [4.69, 9.17) is 0 Å². The zero-order chi connectivity index (χ0) is 22.6. The molecule has 1 atom stereocenters. The third kappa shape index (κ3) is 7.04. The smallest absolute Gasteiger partial charge is 0.159 e. The van der Waals surface area contributed by atoms with Gasteiger partial charge in [-0.3, -0.25) is 0 Å². The lowest BCUT2D eigenvalue weighted by molar-refractivity contribution is 0.501. The first kappa shape index (κ1) is 23.2. The zero-order valence-electron chi connectivity index (χ0n) is 18.7. The van der Waals surface area contributed by atoms with E-state index in [2.05, 4.69) is 80.6 Å². The van der Waals surface area contributed by atoms with Crippen LogP contribution in [-0.2, 0) is 13.1 Å². The van der Waals surface area contributed by atoms with Crippen LogP contribution >= 0.6 is 0 Å². The SMILES string of the molecule is C=N/C(=N\C=C/C)c1ccc(CN[C@@H](C)CNCc2ccc(-c3ncccn3)cc2)cc1. The van der Waals surface area contributed by atoms with Crippen LogP contribution < -0.4 is 10.6 Å². The van der Waals surface area contributed by atoms with E-state index in [0.29, 0.717) is 11.9 Å². The van der Waals surface area contributed by atoms with E-state index in [0.717, 1.165) is 36.6 Å². The predicted molar refractivity (Wildman–Crippen MR) is 133 cm³/mol. The van der Waals surface area contributed by atoms with Crippen molar-refractivity contribution >= 4 is 12.6 Å². The number of benzene rings is 2. The number of aliphatic imine (C=N–C) groups is 2. The van der Waals surface area contributed by atoms with Gasteiger partial charge in [-0.1, -0.05) is 54.6 Å². The summed E-state index contributed by atoms with van der Waals surface area (Å²) < 4.78 is 0. The topological polar surface area (TPSA) is 74.6 Å². The molecule has 0 amide bonds. The standard InChI is InChI=1S/C26H30N6/c1-4-14-29-25(27-3)23-10-8-22(9-11-23)19-32-20(2)17-28-18-21-6-12-24(13-7-21)26-30-15-5-16-31-26/h4-16,20,28,32H,3,17-19H2,1-2H3/b14-4-,29-25-/t20-/m0/s1. The van der Waals surface area contributed by atoms with Crippen LogP contribution in [0.25, 0.3) is 11.4 Å². The fourth-order valence-corrected chi connectivity index (χ4v) is 3.14. The molecular formula is C26H30N6. The minimum atomic E-state index is 0.341. The predicted octanol–water partition coefficient (Wildman–Crippen LogP) is 4.39. The molecular weight excluding hydrogens is 396 g/mol. The van der Waals surface area contributed by atoms with Crippen LogP contribution in [-0.4, -0.2) is 35.1 Å². The normalized spacial score (nSPS) is 12.8. The van der Waals surface area contributed by atoms with E-state index in [1.165, 1.54) is 11.1 Å². The van der Waals surface area contributed by atoms with E-state index in [1.54, 1.807) is 18.6 Å². The molecule has 3 aromatic rings. The van der Waals surface area contributed by atoms with Crippen molar-refractivity contribution in [3.05, 3.63) is 96.0 Å². The molecule has 2 N–H and O–H groups in total. The number of nitrogens with zero attached hydrogens (tertiary/aromatic N) is 4. The van der Waals surface area contributed by atoms with Crippen LogP contribution in [0.15, 0.2) is 89.3 Å². The number of rotatable bonds is 10. The van der Waals surface area contributed by atoms with Crippen molar-refractivity contribution < 1.29 is 0 Å². The Balaban J connectivity index is 1.41. The second kappa shape index (κ2) is 12.4. The minimum Gasteiger partial charge on any atom is -0.311 e. The first-order valence-electron chi connectivity index (χ1n) is 10.7. The Morgan fingerprint density at radius 1 is 1.00 bits per heavy atom. The Hall–Kier alpha value is -3.48. The van der Waals surface area contributed by atoms with Gasteiger partial charge in [0.15, 0.2) is 11.7 Å². The van der Waals surface area contributed by atoms with Crippen molar-refractivity contribution in [2.24, 2.45) is 9.98 Å². The Morgan fingerprint density at radius 3 is 2.31 bits per heavy atom. The van der Waals surface area contributed by atoms with Gasteiger partial charge >= 0.3 is 0 Å². The molecule has 32 heavy (non-hydrogen) atoms. The van der Waals surface area contributed by atoms with Gasteiger partial charge in [0.1, 0.15) is 0 Å². The molecule has 0 unspecified atom stereocenters. The van der Waals surface area contributed by atoms with Crippen LogP contribution in [0.3, 0.4) is 0 Å². The van der Waals surface area contributed by atoms with Crippen LogP contribution in [0, 0.1) is 0 Å². The van der Waals surface area contributed by atoms with Gasteiger partial charge in [-0.2, -0.15) is 0 Å². The van der Waals surface area contributed by atoms with Gasteiger partial charge in [0.25, 0.3) is 0 Å². The molecule has 1 heterocycles. The van der Waals surface area contributed by atoms with E-state index >= 15 is 0 Å². The Labute approximate surface area is 190 Å². The van der Waals surface area contributed by atoms with Crippen molar-refractivity contribution in [2.75, 3.05) is 6.54 Å². The van der Waals surface area contributed by atoms with Gasteiger partial charge in [-0.25, -0.2) is 20.0 Å². The molecule has 6 nitrogen and oxygen atoms in total. The van der Waals surface area contributed by atoms with Gasteiger partial charge in [0.2, 0.25) is 0 Å². The molecule has 0 saturated heterocycles. The third-order valence-corrected chi connectivity index (χ3v) is 4.92. The molecule has 0 aliphatic heterocycles. The Bertz CT molecular complexity index is 1020. The Kier molecular flexibility index (Phi) is 8.98. The summed E-state index contributed by atoms with van der Waals surface area (Å²) in [7, 11) is 0. The highest BCUT2D eigenvalue weighted by Gasteiger charge is 2.04. The highest BCUT2D eigenvalue weighted by molar-refractivity contribution is 6.01. The van der Waals surface area contributed by atoms with Crippen molar-refractivity contribution in [2.45, 2.75) is 33.0 Å². The number of aromatic nitrogens is 2. The summed E-state index contributed by atoms with van der Waals surface area (Å²) in [6, 6.07) is 18.8. The summed E-state index contributed by atoms with van der Waals surface area (Å²) in [5.41, 5.74) is 4.44. The fourth-order valence-electron chi connectivity index (χ4n) is 3.14. The second-order valence-corrected chi connectivity index (χ2v) is 7.47. The van der Waals surface area contributed by atoms with Gasteiger partial charge in [-0.15, -0.1) is 0 Å². The highest BCUT2D eigenvalue weighted by atomic mass is 15.0. The summed E-state index contributed by atoms with van der Waals surface area (Å²) in [4.78, 5) is 16.9. The third-order valence-electron chi connectivity index (χ3n) is 4.92. The van der Waals surface area contributed by atoms with Crippen molar-refractivity contribution in [3.8, 4) is 11.4 Å². The summed E-state index contributed by atoms with van der Waals surface area (Å²) in [6.45, 7) is 10.2. The lowest BCUT2D eigenvalue weighted by atomic mass is 10.1. The van der Waals surface area contributed by atoms with E-state index in [-0.39, 0.29) is 0 Å². The van der Waals surface area contributed by atoms with Crippen molar-refractivity contribution in [1.82, 2.24) is 20.6 Å². The molecule has 0 bridgehead atoms. The molecule has 6 heteroatoms. The van der Waals surface area contributed by atoms with E-state index in [1.807, 2.05) is 31.2 Å². The fraction of sp³-hybridized carbons (Fsp3) is 0.231. The summed E-state index contributed by atoms with van der Waals surface area (Å²) >= 11 is 0. The second-order valence-electron chi connectivity index (χ2n) is 7.47. The van der Waals surface area contributed by atoms with Crippen molar-refractivity contribution in [1.29, 1.82) is 0 Å². The lowest BCUT2D eigenvalue weighted by Crippen LogP contribution is -2.35. The number of hydrogen-bond acceptors (Lipinski definition) is 5. The summed E-state index contributed by atoms with van der Waals surface area (Å²) in [6.07, 6.45) is 7.11. The molecule has 0 fully saturated rings. The average Bonchev–Trinajstić information content (AvgIpc) is 2.85. The summed E-state index contributed by atoms with van der Waals surface area (Å²) in [5.74, 6) is 1.38. The van der Waals surface area contributed by atoms with Gasteiger partial charge in [-0.05, 0) is 37.8 Å². The van der Waals surface area contributed by atoms with Crippen LogP contribution in [0.4, 0.5) is 0 Å². The van der Waals surface area contributed by atoms with Gasteiger partial charge in [0.05, 0.1) is 0 Å². The molecule has 0 saturated carbocycles. The quantitative estimate of drug-likeness (QED) is 0.372. The largest absolute Gasteiger partial charge is 0.311 e. The highest BCUT2D eigenvalue weighted by Crippen LogP contribution is 2.14. The summed E-state index contributed by atoms with van der Waals surface area (Å²) in [5, 5.41) is 7.07. The number of amidine groups is 1. The molecule has 164 valence electrons. The molecule has 0 radical (unpaired) electrons. The van der Waals surface area contributed by atoms with Gasteiger partial charge in [0, 0.05) is 55.4 Å². The van der Waals surface area contributed by atoms with Crippen LogP contribution in [0.2, 0.25) is 0 Å². The van der Waals surface area contributed by atoms with Crippen LogP contribution in [0.5, 0.6) is 0 Å². The molecule has 0 aliphatic carbocycles. The first-order valence-corrected chi connectivity index (χ1v) is 10.7. The molecule has 3 rings (SSSR count). The van der Waals surface area contributed by atoms with Crippen LogP contribution in [0.1, 0.15) is 30.5 Å². The maximum absolute atomic E-state index is 4.29. The Morgan fingerprint density at radius 2 is 1.66 bits per heavy atom. The maximum Gasteiger partial charge on any atom is 0.159 e. The van der Waals surface area contributed by atoms with E-state index in [9.17, 15) is 0 Å². The number of nitrogens with one attached hydrogen (secondary N) is 2. The van der Waals surface area contributed by atoms with E-state index < -0.39 is 0 Å². The first-order chi connectivity index (χ1) is 15.7. The zero-order valence-corrected chi connectivity index (χ0v) is 18.7. The lowest BCUT2D eigenvalue weighted by Gasteiger charge is -2.15.